The van der Waals surface area contributed by atoms with Gasteiger partial charge in [0.2, 0.25) is 0 Å². The van der Waals surface area contributed by atoms with Crippen LogP contribution in [0, 0.1) is 6.92 Å². The molecule has 0 saturated carbocycles. The van der Waals surface area contributed by atoms with E-state index in [0.29, 0.717) is 18.6 Å². The van der Waals surface area contributed by atoms with E-state index in [1.807, 2.05) is 6.92 Å². The van der Waals surface area contributed by atoms with E-state index < -0.39 is 0 Å². The van der Waals surface area contributed by atoms with Gasteiger partial charge in [-0.2, -0.15) is 0 Å². The Balaban J connectivity index is 2.47. The van der Waals surface area contributed by atoms with Crippen LogP contribution >= 0.6 is 0 Å². The first kappa shape index (κ1) is 5.71. The summed E-state index contributed by atoms with van der Waals surface area (Å²) in [4.78, 5) is 14.0. The number of aromatic nitrogens is 1. The summed E-state index contributed by atoms with van der Waals surface area (Å²) in [6, 6.07) is 2.06. The van der Waals surface area contributed by atoms with Gasteiger partial charge in [-0.1, -0.05) is 0 Å². The molecule has 0 bridgehead atoms. The minimum atomic E-state index is 0.334. The number of Topliss-reactive ketones (excluding diaryl/α,β-unsaturated/α-hetero) is 1. The highest BCUT2D eigenvalue weighted by Crippen LogP contribution is 2.19. The van der Waals surface area contributed by atoms with E-state index in [1.54, 1.807) is 0 Å². The predicted octanol–water partition coefficient (Wildman–Crippen LogP) is 0.991. The highest BCUT2D eigenvalue weighted by atomic mass is 16.1. The van der Waals surface area contributed by atoms with Gasteiger partial charge in [-0.25, -0.2) is 0 Å². The standard InChI is InChI=1S/C8H9NO/c1-5-2-6-3-7(10)4-8(6)9-5/h2,9H,3-4H2,1H3. The molecule has 1 aliphatic carbocycles. The quantitative estimate of drug-likeness (QED) is 0.565. The lowest BCUT2D eigenvalue weighted by Crippen LogP contribution is -1.94. The average molecular weight is 135 g/mol. The Morgan fingerprint density at radius 1 is 1.50 bits per heavy atom. The minimum absolute atomic E-state index is 0.334. The number of H-pyrrole nitrogens is 1. The predicted molar refractivity (Wildman–Crippen MR) is 37.9 cm³/mol. The molecule has 0 spiro atoms. The van der Waals surface area contributed by atoms with Crippen molar-refractivity contribution in [3.05, 3.63) is 23.0 Å². The normalized spacial score (nSPS) is 15.9. The Morgan fingerprint density at radius 3 is 3.00 bits per heavy atom. The SMILES string of the molecule is Cc1cc2c([nH]1)CC(=O)C2. The molecule has 0 unspecified atom stereocenters. The maximum Gasteiger partial charge on any atom is 0.143 e. The van der Waals surface area contributed by atoms with E-state index in [1.165, 1.54) is 5.56 Å². The van der Waals surface area contributed by atoms with Gasteiger partial charge in [0.25, 0.3) is 0 Å². The van der Waals surface area contributed by atoms with Crippen molar-refractivity contribution in [2.24, 2.45) is 0 Å². The summed E-state index contributed by atoms with van der Waals surface area (Å²) >= 11 is 0. The van der Waals surface area contributed by atoms with Gasteiger partial charge in [-0.05, 0) is 18.6 Å². The summed E-state index contributed by atoms with van der Waals surface area (Å²) in [5, 5.41) is 0. The van der Waals surface area contributed by atoms with E-state index in [9.17, 15) is 4.79 Å². The van der Waals surface area contributed by atoms with Crippen LogP contribution in [0.15, 0.2) is 6.07 Å². The van der Waals surface area contributed by atoms with Crippen LogP contribution in [0.2, 0.25) is 0 Å². The van der Waals surface area contributed by atoms with Crippen molar-refractivity contribution in [1.82, 2.24) is 4.98 Å². The monoisotopic (exact) mass is 135 g/mol. The zero-order valence-electron chi connectivity index (χ0n) is 5.90. The van der Waals surface area contributed by atoms with Crippen LogP contribution in [0.3, 0.4) is 0 Å². The fourth-order valence-corrected chi connectivity index (χ4v) is 1.49. The Labute approximate surface area is 59.3 Å². The van der Waals surface area contributed by atoms with Gasteiger partial charge in [-0.15, -0.1) is 0 Å². The summed E-state index contributed by atoms with van der Waals surface area (Å²) < 4.78 is 0. The average Bonchev–Trinajstić information content (AvgIpc) is 2.21. The molecule has 1 heterocycles. The zero-order valence-corrected chi connectivity index (χ0v) is 5.90. The van der Waals surface area contributed by atoms with Crippen molar-refractivity contribution in [1.29, 1.82) is 0 Å². The maximum absolute atomic E-state index is 10.9. The number of hydrogen-bond donors (Lipinski definition) is 1. The minimum Gasteiger partial charge on any atom is -0.362 e. The number of ketones is 1. The molecule has 2 rings (SSSR count). The summed E-state index contributed by atoms with van der Waals surface area (Å²) in [5.41, 5.74) is 3.49. The second kappa shape index (κ2) is 1.72. The Kier molecular flexibility index (Phi) is 0.982. The van der Waals surface area contributed by atoms with Crippen LogP contribution in [0.4, 0.5) is 0 Å². The highest BCUT2D eigenvalue weighted by molar-refractivity contribution is 5.87. The first-order valence-corrected chi connectivity index (χ1v) is 3.45. The van der Waals surface area contributed by atoms with E-state index in [4.69, 9.17) is 0 Å². The number of carbonyl (C=O) groups excluding carboxylic acids is 1. The number of aromatic amines is 1. The number of fused-ring (bicyclic) bond motifs is 1. The topological polar surface area (TPSA) is 32.9 Å². The van der Waals surface area contributed by atoms with Crippen molar-refractivity contribution >= 4 is 5.78 Å². The van der Waals surface area contributed by atoms with Crippen LogP contribution in [0.25, 0.3) is 0 Å². The van der Waals surface area contributed by atoms with Crippen molar-refractivity contribution in [3.8, 4) is 0 Å². The summed E-state index contributed by atoms with van der Waals surface area (Å²) in [7, 11) is 0. The number of rotatable bonds is 0. The molecule has 0 amide bonds. The Hall–Kier alpha value is -1.05. The van der Waals surface area contributed by atoms with E-state index >= 15 is 0 Å². The molecule has 0 aromatic carbocycles. The van der Waals surface area contributed by atoms with E-state index in [-0.39, 0.29) is 0 Å². The third-order valence-corrected chi connectivity index (χ3v) is 1.89. The smallest absolute Gasteiger partial charge is 0.143 e. The summed E-state index contributed by atoms with van der Waals surface area (Å²) in [6.45, 7) is 2.02. The van der Waals surface area contributed by atoms with Gasteiger partial charge in [0.1, 0.15) is 5.78 Å². The number of hydrogen-bond acceptors (Lipinski definition) is 1. The van der Waals surface area contributed by atoms with Crippen LogP contribution in [-0.4, -0.2) is 10.8 Å². The van der Waals surface area contributed by atoms with Gasteiger partial charge in [-0.3, -0.25) is 4.79 Å². The van der Waals surface area contributed by atoms with Gasteiger partial charge in [0, 0.05) is 24.2 Å². The molecule has 1 aromatic rings. The molecule has 52 valence electrons. The van der Waals surface area contributed by atoms with Gasteiger partial charge in [0.15, 0.2) is 0 Å². The second-order valence-electron chi connectivity index (χ2n) is 2.85. The number of carbonyl (C=O) groups is 1. The Morgan fingerprint density at radius 2 is 2.30 bits per heavy atom. The second-order valence-corrected chi connectivity index (χ2v) is 2.85. The first-order valence-electron chi connectivity index (χ1n) is 3.45. The lowest BCUT2D eigenvalue weighted by atomic mass is 10.2. The molecular weight excluding hydrogens is 126 g/mol. The third kappa shape index (κ3) is 0.685. The van der Waals surface area contributed by atoms with Crippen LogP contribution < -0.4 is 0 Å². The molecule has 1 aliphatic rings. The molecule has 2 nitrogen and oxygen atoms in total. The van der Waals surface area contributed by atoms with Crippen molar-refractivity contribution in [3.63, 3.8) is 0 Å². The molecule has 0 aliphatic heterocycles. The molecule has 1 aromatic heterocycles. The molecule has 1 N–H and O–H groups in total. The molecule has 10 heavy (non-hydrogen) atoms. The van der Waals surface area contributed by atoms with E-state index in [0.717, 1.165) is 11.4 Å². The Bertz CT molecular complexity index is 260. The molecular formula is C8H9NO. The highest BCUT2D eigenvalue weighted by Gasteiger charge is 2.19. The fraction of sp³-hybridized carbons (Fsp3) is 0.375. The van der Waals surface area contributed by atoms with Crippen LogP contribution in [0.5, 0.6) is 0 Å². The van der Waals surface area contributed by atoms with Crippen molar-refractivity contribution in [2.45, 2.75) is 19.8 Å². The molecule has 0 atom stereocenters. The van der Waals surface area contributed by atoms with Gasteiger partial charge >= 0.3 is 0 Å². The molecule has 0 saturated heterocycles. The number of aryl methyl sites for hydroxylation is 1. The summed E-state index contributed by atoms with van der Waals surface area (Å²) in [5.74, 6) is 0.334. The zero-order chi connectivity index (χ0) is 7.14. The summed E-state index contributed by atoms with van der Waals surface area (Å²) in [6.07, 6.45) is 1.25. The molecule has 0 fully saturated rings. The number of nitrogens with one attached hydrogen (secondary N) is 1. The van der Waals surface area contributed by atoms with Crippen LogP contribution in [-0.2, 0) is 17.6 Å². The lowest BCUT2D eigenvalue weighted by molar-refractivity contribution is -0.117. The van der Waals surface area contributed by atoms with Gasteiger partial charge in [0.05, 0.1) is 0 Å². The fourth-order valence-electron chi connectivity index (χ4n) is 1.49. The van der Waals surface area contributed by atoms with Crippen molar-refractivity contribution in [2.75, 3.05) is 0 Å². The van der Waals surface area contributed by atoms with Gasteiger partial charge < -0.3 is 4.98 Å². The van der Waals surface area contributed by atoms with E-state index in [2.05, 4.69) is 11.1 Å². The largest absolute Gasteiger partial charge is 0.362 e. The molecule has 2 heteroatoms. The van der Waals surface area contributed by atoms with Crippen molar-refractivity contribution < 1.29 is 4.79 Å². The maximum atomic E-state index is 10.9. The van der Waals surface area contributed by atoms with Crippen LogP contribution in [0.1, 0.15) is 17.0 Å². The molecule has 0 radical (unpaired) electrons. The third-order valence-electron chi connectivity index (χ3n) is 1.89. The first-order chi connectivity index (χ1) is 4.75. The lowest BCUT2D eigenvalue weighted by Gasteiger charge is -1.84.